The Labute approximate surface area is 140 Å². The number of benzene rings is 1. The normalized spacial score (nSPS) is 11.0. The van der Waals surface area contributed by atoms with Crippen molar-refractivity contribution >= 4 is 35.1 Å². The molecule has 0 saturated carbocycles. The van der Waals surface area contributed by atoms with Gasteiger partial charge >= 0.3 is 0 Å². The van der Waals surface area contributed by atoms with Crippen molar-refractivity contribution in [3.05, 3.63) is 46.5 Å². The average molecular weight is 343 g/mol. The Morgan fingerprint density at radius 3 is 2.68 bits per heavy atom. The molecule has 0 heterocycles. The number of nitrogens with one attached hydrogen (secondary N) is 3. The lowest BCUT2D eigenvalue weighted by atomic mass is 10.2. The Balaban J connectivity index is 2.46. The first-order valence-corrected chi connectivity index (χ1v) is 7.70. The zero-order chi connectivity index (χ0) is 16.4. The van der Waals surface area contributed by atoms with Gasteiger partial charge in [-0.2, -0.15) is 0 Å². The van der Waals surface area contributed by atoms with Gasteiger partial charge in [0.15, 0.2) is 5.96 Å². The van der Waals surface area contributed by atoms with Crippen LogP contribution in [0.4, 0.5) is 0 Å². The minimum Gasteiger partial charge on any atom is -0.357 e. The lowest BCUT2D eigenvalue weighted by molar-refractivity contribution is 0.0955. The smallest absolute Gasteiger partial charge is 0.251 e. The molecule has 0 aromatic heterocycles. The maximum atomic E-state index is 11.9. The fraction of sp³-hybridized carbons (Fsp3) is 0.333. The van der Waals surface area contributed by atoms with E-state index in [2.05, 4.69) is 27.5 Å². The van der Waals surface area contributed by atoms with Gasteiger partial charge in [0.1, 0.15) is 0 Å². The average Bonchev–Trinajstić information content (AvgIpc) is 2.51. The van der Waals surface area contributed by atoms with Crippen LogP contribution in [-0.4, -0.2) is 38.0 Å². The Morgan fingerprint density at radius 1 is 1.27 bits per heavy atom. The van der Waals surface area contributed by atoms with Gasteiger partial charge in [0.25, 0.3) is 5.91 Å². The highest BCUT2D eigenvalue weighted by Crippen LogP contribution is 2.22. The largest absolute Gasteiger partial charge is 0.357 e. The second kappa shape index (κ2) is 10.1. The molecule has 1 aromatic carbocycles. The molecular weight excluding hydrogens is 323 g/mol. The first kappa shape index (κ1) is 18.3. The predicted molar refractivity (Wildman–Crippen MR) is 93.0 cm³/mol. The summed E-state index contributed by atoms with van der Waals surface area (Å²) in [5.74, 6) is 0.476. The van der Waals surface area contributed by atoms with Crippen LogP contribution in [0, 0.1) is 0 Å². The van der Waals surface area contributed by atoms with Gasteiger partial charge in [0, 0.05) is 25.2 Å². The number of halogens is 2. The monoisotopic (exact) mass is 342 g/mol. The molecule has 0 unspecified atom stereocenters. The van der Waals surface area contributed by atoms with E-state index in [-0.39, 0.29) is 5.91 Å². The Bertz CT molecular complexity index is 546. The van der Waals surface area contributed by atoms with E-state index in [0.29, 0.717) is 41.2 Å². The van der Waals surface area contributed by atoms with Gasteiger partial charge in [0.05, 0.1) is 16.6 Å². The third kappa shape index (κ3) is 6.37. The second-order valence-corrected chi connectivity index (χ2v) is 5.13. The molecule has 0 aliphatic carbocycles. The summed E-state index contributed by atoms with van der Waals surface area (Å²) >= 11 is 11.7. The molecule has 3 N–H and O–H groups in total. The maximum absolute atomic E-state index is 11.9. The Hall–Kier alpha value is -1.72. The highest BCUT2D eigenvalue weighted by molar-refractivity contribution is 6.42. The van der Waals surface area contributed by atoms with Crippen molar-refractivity contribution < 1.29 is 4.79 Å². The third-order valence-corrected chi connectivity index (χ3v) is 3.35. The number of carbonyl (C=O) groups is 1. The zero-order valence-electron chi connectivity index (χ0n) is 12.5. The van der Waals surface area contributed by atoms with Crippen LogP contribution in [-0.2, 0) is 0 Å². The summed E-state index contributed by atoms with van der Waals surface area (Å²) in [6, 6.07) is 4.76. The molecule has 0 atom stereocenters. The summed E-state index contributed by atoms with van der Waals surface area (Å²) in [6.45, 7) is 7.89. The van der Waals surface area contributed by atoms with Gasteiger partial charge in [-0.3, -0.25) is 9.79 Å². The molecule has 7 heteroatoms. The number of carbonyl (C=O) groups excluding carboxylic acids is 1. The molecule has 1 amide bonds. The molecular formula is C15H20Cl2N4O. The predicted octanol–water partition coefficient (Wildman–Crippen LogP) is 2.46. The minimum atomic E-state index is -0.210. The first-order valence-electron chi connectivity index (χ1n) is 6.94. The second-order valence-electron chi connectivity index (χ2n) is 4.32. The fourth-order valence-corrected chi connectivity index (χ4v) is 1.89. The molecule has 1 aromatic rings. The molecule has 5 nitrogen and oxygen atoms in total. The minimum absolute atomic E-state index is 0.210. The Morgan fingerprint density at radius 2 is 2.05 bits per heavy atom. The number of hydrogen-bond donors (Lipinski definition) is 3. The van der Waals surface area contributed by atoms with Gasteiger partial charge < -0.3 is 16.0 Å². The molecule has 22 heavy (non-hydrogen) atoms. The maximum Gasteiger partial charge on any atom is 0.251 e. The number of hydrogen-bond acceptors (Lipinski definition) is 2. The first-order chi connectivity index (χ1) is 10.6. The summed E-state index contributed by atoms with van der Waals surface area (Å²) in [5, 5.41) is 9.73. The van der Waals surface area contributed by atoms with E-state index in [1.54, 1.807) is 18.2 Å². The molecule has 0 spiro atoms. The summed E-state index contributed by atoms with van der Waals surface area (Å²) in [6.07, 6.45) is 1.75. The van der Waals surface area contributed by atoms with Crippen LogP contribution in [0.15, 0.2) is 35.8 Å². The molecule has 1 rings (SSSR count). The molecule has 0 saturated heterocycles. The quantitative estimate of drug-likeness (QED) is 0.308. The Kier molecular flexibility index (Phi) is 8.40. The third-order valence-electron chi connectivity index (χ3n) is 2.61. The number of guanidine groups is 1. The van der Waals surface area contributed by atoms with Crippen molar-refractivity contribution in [2.75, 3.05) is 26.2 Å². The molecule has 0 aliphatic rings. The van der Waals surface area contributed by atoms with E-state index in [0.717, 1.165) is 6.54 Å². The summed E-state index contributed by atoms with van der Waals surface area (Å²) in [4.78, 5) is 16.3. The summed E-state index contributed by atoms with van der Waals surface area (Å²) < 4.78 is 0. The highest BCUT2D eigenvalue weighted by atomic mass is 35.5. The van der Waals surface area contributed by atoms with Crippen molar-refractivity contribution in [1.82, 2.24) is 16.0 Å². The fourth-order valence-electron chi connectivity index (χ4n) is 1.59. The van der Waals surface area contributed by atoms with Gasteiger partial charge in [0.2, 0.25) is 0 Å². The van der Waals surface area contributed by atoms with E-state index in [1.807, 2.05) is 6.92 Å². The van der Waals surface area contributed by atoms with Crippen molar-refractivity contribution in [1.29, 1.82) is 0 Å². The standard InChI is InChI=1S/C15H20Cl2N4O/c1-3-7-20-15(18-4-2)21-9-8-19-14(22)11-5-6-12(16)13(17)10-11/h3,5-6,10H,1,4,7-9H2,2H3,(H,19,22)(H2,18,20,21). The van der Waals surface area contributed by atoms with Crippen LogP contribution in [0.2, 0.25) is 10.0 Å². The SMILES string of the molecule is C=CCNC(=NCCNC(=O)c1ccc(Cl)c(Cl)c1)NCC. The number of nitrogens with zero attached hydrogens (tertiary/aromatic N) is 1. The van der Waals surface area contributed by atoms with E-state index < -0.39 is 0 Å². The van der Waals surface area contributed by atoms with Crippen LogP contribution in [0.5, 0.6) is 0 Å². The van der Waals surface area contributed by atoms with E-state index in [4.69, 9.17) is 23.2 Å². The number of amides is 1. The van der Waals surface area contributed by atoms with E-state index in [1.165, 1.54) is 6.07 Å². The lowest BCUT2D eigenvalue weighted by Gasteiger charge is -2.09. The van der Waals surface area contributed by atoms with Crippen LogP contribution in [0.3, 0.4) is 0 Å². The van der Waals surface area contributed by atoms with Crippen molar-refractivity contribution in [2.24, 2.45) is 4.99 Å². The van der Waals surface area contributed by atoms with E-state index in [9.17, 15) is 4.79 Å². The van der Waals surface area contributed by atoms with Crippen molar-refractivity contribution in [3.8, 4) is 0 Å². The topological polar surface area (TPSA) is 65.5 Å². The summed E-state index contributed by atoms with van der Waals surface area (Å²) in [5.41, 5.74) is 0.468. The number of aliphatic imine (C=N–C) groups is 1. The van der Waals surface area contributed by atoms with Crippen molar-refractivity contribution in [3.63, 3.8) is 0 Å². The highest BCUT2D eigenvalue weighted by Gasteiger charge is 2.07. The lowest BCUT2D eigenvalue weighted by Crippen LogP contribution is -2.38. The van der Waals surface area contributed by atoms with Crippen molar-refractivity contribution in [2.45, 2.75) is 6.92 Å². The number of rotatable bonds is 7. The molecule has 0 radical (unpaired) electrons. The molecule has 0 aliphatic heterocycles. The van der Waals surface area contributed by atoms with Crippen LogP contribution in [0.25, 0.3) is 0 Å². The van der Waals surface area contributed by atoms with Gasteiger partial charge in [-0.05, 0) is 25.1 Å². The van der Waals surface area contributed by atoms with Gasteiger partial charge in [-0.1, -0.05) is 29.3 Å². The van der Waals surface area contributed by atoms with Crippen LogP contribution in [0.1, 0.15) is 17.3 Å². The zero-order valence-corrected chi connectivity index (χ0v) is 14.0. The van der Waals surface area contributed by atoms with Gasteiger partial charge in [-0.25, -0.2) is 0 Å². The van der Waals surface area contributed by atoms with Gasteiger partial charge in [-0.15, -0.1) is 6.58 Å². The molecule has 0 fully saturated rings. The van der Waals surface area contributed by atoms with E-state index >= 15 is 0 Å². The molecule has 0 bridgehead atoms. The van der Waals surface area contributed by atoms with Crippen LogP contribution < -0.4 is 16.0 Å². The van der Waals surface area contributed by atoms with Crippen LogP contribution >= 0.6 is 23.2 Å². The summed E-state index contributed by atoms with van der Waals surface area (Å²) in [7, 11) is 0. The molecule has 120 valence electrons.